The van der Waals surface area contributed by atoms with Gasteiger partial charge in [-0.05, 0) is 25.1 Å². The van der Waals surface area contributed by atoms with Crippen molar-refractivity contribution in [1.82, 2.24) is 9.21 Å². The van der Waals surface area contributed by atoms with Crippen molar-refractivity contribution < 1.29 is 13.5 Å². The molecule has 5 nitrogen and oxygen atoms in total. The monoisotopic (exact) mass is 304 g/mol. The highest BCUT2D eigenvalue weighted by atomic mass is 32.2. The standard InChI is InChI=1S/C12H20N2O3S2/c1-3-13-4-6-14(7-5-13)19(16,17)12-8-10(2)11(9-15)18-12/h8,15H,3-7,9H2,1-2H3. The van der Waals surface area contributed by atoms with Crippen molar-refractivity contribution in [2.75, 3.05) is 32.7 Å². The van der Waals surface area contributed by atoms with Crippen molar-refractivity contribution in [2.45, 2.75) is 24.7 Å². The molecule has 0 radical (unpaired) electrons. The summed E-state index contributed by atoms with van der Waals surface area (Å²) in [6.45, 7) is 7.43. The zero-order chi connectivity index (χ0) is 14.0. The molecule has 1 aromatic heterocycles. The van der Waals surface area contributed by atoms with Crippen molar-refractivity contribution in [3.05, 3.63) is 16.5 Å². The fourth-order valence-corrected chi connectivity index (χ4v) is 5.21. The Kier molecular flexibility index (Phi) is 4.62. The lowest BCUT2D eigenvalue weighted by molar-refractivity contribution is 0.196. The Morgan fingerprint density at radius 2 is 1.95 bits per heavy atom. The fraction of sp³-hybridized carbons (Fsp3) is 0.667. The highest BCUT2D eigenvalue weighted by molar-refractivity contribution is 7.91. The van der Waals surface area contributed by atoms with Crippen molar-refractivity contribution in [2.24, 2.45) is 0 Å². The molecule has 0 aliphatic carbocycles. The van der Waals surface area contributed by atoms with Crippen LogP contribution in [-0.4, -0.2) is 55.5 Å². The van der Waals surface area contributed by atoms with Crippen LogP contribution in [0.4, 0.5) is 0 Å². The number of piperazine rings is 1. The van der Waals surface area contributed by atoms with Gasteiger partial charge in [-0.3, -0.25) is 0 Å². The second kappa shape index (κ2) is 5.88. The van der Waals surface area contributed by atoms with Crippen LogP contribution in [0.25, 0.3) is 0 Å². The number of likely N-dealkylation sites (N-methyl/N-ethyl adjacent to an activating group) is 1. The van der Waals surface area contributed by atoms with Crippen LogP contribution >= 0.6 is 11.3 Å². The third-order valence-electron chi connectivity index (χ3n) is 3.51. The molecule has 1 aliphatic rings. The summed E-state index contributed by atoms with van der Waals surface area (Å²) in [6, 6.07) is 1.66. The van der Waals surface area contributed by atoms with Crippen molar-refractivity contribution in [1.29, 1.82) is 0 Å². The summed E-state index contributed by atoms with van der Waals surface area (Å²) in [5.74, 6) is 0. The summed E-state index contributed by atoms with van der Waals surface area (Å²) in [5, 5.41) is 9.17. The van der Waals surface area contributed by atoms with Gasteiger partial charge in [0.25, 0.3) is 10.0 Å². The van der Waals surface area contributed by atoms with Crippen LogP contribution in [0.3, 0.4) is 0 Å². The van der Waals surface area contributed by atoms with Gasteiger partial charge < -0.3 is 10.0 Å². The van der Waals surface area contributed by atoms with Gasteiger partial charge in [-0.25, -0.2) is 8.42 Å². The maximum atomic E-state index is 12.5. The average molecular weight is 304 g/mol. The lowest BCUT2D eigenvalue weighted by atomic mass is 10.3. The molecular weight excluding hydrogens is 284 g/mol. The van der Waals surface area contributed by atoms with Crippen molar-refractivity contribution >= 4 is 21.4 Å². The number of hydrogen-bond donors (Lipinski definition) is 1. The molecular formula is C12H20N2O3S2. The van der Waals surface area contributed by atoms with Gasteiger partial charge in [-0.15, -0.1) is 11.3 Å². The number of hydrogen-bond acceptors (Lipinski definition) is 5. The summed E-state index contributed by atoms with van der Waals surface area (Å²) < 4.78 is 26.9. The van der Waals surface area contributed by atoms with Crippen LogP contribution in [0.5, 0.6) is 0 Å². The molecule has 0 atom stereocenters. The highest BCUT2D eigenvalue weighted by Gasteiger charge is 2.29. The zero-order valence-electron chi connectivity index (χ0n) is 11.3. The lowest BCUT2D eigenvalue weighted by Gasteiger charge is -2.32. The Bertz CT molecular complexity index is 531. The van der Waals surface area contributed by atoms with E-state index < -0.39 is 10.0 Å². The summed E-state index contributed by atoms with van der Waals surface area (Å²) in [5.41, 5.74) is 0.846. The molecule has 2 rings (SSSR count). The number of sulfonamides is 1. The average Bonchev–Trinajstić information content (AvgIpc) is 2.81. The Hall–Kier alpha value is -0.470. The van der Waals surface area contributed by atoms with E-state index in [4.69, 9.17) is 5.11 Å². The third kappa shape index (κ3) is 3.00. The number of thiophene rings is 1. The summed E-state index contributed by atoms with van der Waals surface area (Å²) in [4.78, 5) is 2.97. The molecule has 0 unspecified atom stereocenters. The fourth-order valence-electron chi connectivity index (χ4n) is 2.19. The Balaban J connectivity index is 2.18. The lowest BCUT2D eigenvalue weighted by Crippen LogP contribution is -2.48. The van der Waals surface area contributed by atoms with Gasteiger partial charge in [0.2, 0.25) is 0 Å². The van der Waals surface area contributed by atoms with E-state index in [1.54, 1.807) is 10.4 Å². The molecule has 1 N–H and O–H groups in total. The summed E-state index contributed by atoms with van der Waals surface area (Å²) in [6.07, 6.45) is 0. The largest absolute Gasteiger partial charge is 0.391 e. The van der Waals surface area contributed by atoms with Crippen LogP contribution in [0.1, 0.15) is 17.4 Å². The highest BCUT2D eigenvalue weighted by Crippen LogP contribution is 2.28. The van der Waals surface area contributed by atoms with E-state index >= 15 is 0 Å². The molecule has 0 amide bonds. The maximum absolute atomic E-state index is 12.5. The van der Waals surface area contributed by atoms with Gasteiger partial charge in [-0.1, -0.05) is 6.92 Å². The Labute approximate surface area is 118 Å². The minimum Gasteiger partial charge on any atom is -0.391 e. The third-order valence-corrected chi connectivity index (χ3v) is 7.08. The van der Waals surface area contributed by atoms with E-state index in [0.29, 0.717) is 17.3 Å². The molecule has 1 aliphatic heterocycles. The number of rotatable bonds is 4. The summed E-state index contributed by atoms with van der Waals surface area (Å²) in [7, 11) is -3.39. The first-order valence-corrected chi connectivity index (χ1v) is 8.67. The van der Waals surface area contributed by atoms with Gasteiger partial charge >= 0.3 is 0 Å². The first-order chi connectivity index (χ1) is 8.98. The van der Waals surface area contributed by atoms with Crippen LogP contribution in [0.2, 0.25) is 0 Å². The van der Waals surface area contributed by atoms with Crippen LogP contribution < -0.4 is 0 Å². The minimum absolute atomic E-state index is 0.102. The van der Waals surface area contributed by atoms with E-state index in [9.17, 15) is 8.42 Å². The van der Waals surface area contributed by atoms with Gasteiger partial charge in [0, 0.05) is 31.1 Å². The molecule has 0 saturated carbocycles. The Morgan fingerprint density at radius 3 is 2.42 bits per heavy atom. The van der Waals surface area contributed by atoms with E-state index in [1.807, 2.05) is 6.92 Å². The number of aliphatic hydroxyl groups is 1. The van der Waals surface area contributed by atoms with E-state index in [2.05, 4.69) is 11.8 Å². The first kappa shape index (κ1) is 14.9. The number of aliphatic hydroxyl groups excluding tert-OH is 1. The van der Waals surface area contributed by atoms with E-state index in [-0.39, 0.29) is 6.61 Å². The van der Waals surface area contributed by atoms with Crippen LogP contribution in [-0.2, 0) is 16.6 Å². The summed E-state index contributed by atoms with van der Waals surface area (Å²) >= 11 is 1.17. The smallest absolute Gasteiger partial charge is 0.252 e. The quantitative estimate of drug-likeness (QED) is 0.897. The van der Waals surface area contributed by atoms with Crippen LogP contribution in [0, 0.1) is 6.92 Å². The number of aryl methyl sites for hydroxylation is 1. The molecule has 7 heteroatoms. The van der Waals surface area contributed by atoms with E-state index in [0.717, 1.165) is 30.1 Å². The molecule has 1 aromatic rings. The zero-order valence-corrected chi connectivity index (χ0v) is 12.9. The topological polar surface area (TPSA) is 60.9 Å². The van der Waals surface area contributed by atoms with Gasteiger partial charge in [-0.2, -0.15) is 4.31 Å². The molecule has 2 heterocycles. The molecule has 0 bridgehead atoms. The second-order valence-electron chi connectivity index (χ2n) is 4.67. The predicted molar refractivity (Wildman–Crippen MR) is 75.9 cm³/mol. The van der Waals surface area contributed by atoms with E-state index in [1.165, 1.54) is 11.3 Å². The first-order valence-electron chi connectivity index (χ1n) is 6.41. The molecule has 108 valence electrons. The normalized spacial score (nSPS) is 18.9. The van der Waals surface area contributed by atoms with Gasteiger partial charge in [0.1, 0.15) is 4.21 Å². The van der Waals surface area contributed by atoms with Crippen molar-refractivity contribution in [3.8, 4) is 0 Å². The molecule has 1 fully saturated rings. The second-order valence-corrected chi connectivity index (χ2v) is 7.97. The Morgan fingerprint density at radius 1 is 1.32 bits per heavy atom. The maximum Gasteiger partial charge on any atom is 0.252 e. The van der Waals surface area contributed by atoms with Crippen molar-refractivity contribution in [3.63, 3.8) is 0 Å². The van der Waals surface area contributed by atoms with Crippen LogP contribution in [0.15, 0.2) is 10.3 Å². The molecule has 1 saturated heterocycles. The minimum atomic E-state index is -3.39. The number of nitrogens with zero attached hydrogens (tertiary/aromatic N) is 2. The molecule has 0 aromatic carbocycles. The SMILES string of the molecule is CCN1CCN(S(=O)(=O)c2cc(C)c(CO)s2)CC1. The van der Waals surface area contributed by atoms with Gasteiger partial charge in [0.05, 0.1) is 6.61 Å². The van der Waals surface area contributed by atoms with Gasteiger partial charge in [0.15, 0.2) is 0 Å². The predicted octanol–water partition coefficient (Wildman–Crippen LogP) is 0.875. The molecule has 0 spiro atoms. The molecule has 19 heavy (non-hydrogen) atoms.